The van der Waals surface area contributed by atoms with Crippen LogP contribution in [0.3, 0.4) is 0 Å². The van der Waals surface area contributed by atoms with E-state index in [1.165, 1.54) is 122 Å². The molecule has 0 aromatic carbocycles. The van der Waals surface area contributed by atoms with E-state index in [1.807, 2.05) is 6.08 Å². The third-order valence-corrected chi connectivity index (χ3v) is 10.1. The zero-order chi connectivity index (χ0) is 37.5. The van der Waals surface area contributed by atoms with Crippen molar-refractivity contribution in [1.82, 2.24) is 5.32 Å². The fourth-order valence-electron chi connectivity index (χ4n) is 6.71. The first-order chi connectivity index (χ1) is 24.7. The minimum atomic E-state index is -1.80. The molecule has 0 aromatic rings. The summed E-state index contributed by atoms with van der Waals surface area (Å²) < 4.78 is 10.8. The molecule has 0 bridgehead atoms. The zero-order valence-electron chi connectivity index (χ0n) is 32.4. The quantitative estimate of drug-likeness (QED) is 0.0286. The summed E-state index contributed by atoms with van der Waals surface area (Å²) in [6.07, 6.45) is 25.4. The van der Waals surface area contributed by atoms with Crippen molar-refractivity contribution in [1.29, 1.82) is 0 Å². The zero-order valence-corrected chi connectivity index (χ0v) is 32.4. The van der Waals surface area contributed by atoms with Crippen molar-refractivity contribution in [2.75, 3.05) is 6.61 Å². The van der Waals surface area contributed by atoms with Gasteiger partial charge >= 0.3 is 5.97 Å². The molecule has 1 aliphatic rings. The van der Waals surface area contributed by atoms with Gasteiger partial charge in [-0.2, -0.15) is 0 Å². The average Bonchev–Trinajstić information content (AvgIpc) is 3.11. The van der Waals surface area contributed by atoms with E-state index in [0.29, 0.717) is 6.42 Å². The Hall–Kier alpha value is -1.56. The van der Waals surface area contributed by atoms with Gasteiger partial charge in [0, 0.05) is 6.42 Å². The number of carboxylic acids is 1. The Bertz CT molecular complexity index is 872. The second-order valence-electron chi connectivity index (χ2n) is 14.8. The highest BCUT2D eigenvalue weighted by Crippen LogP contribution is 2.23. The number of hydrogen-bond acceptors (Lipinski definition) is 8. The molecule has 1 heterocycles. The molecular formula is C41H77NO9. The number of carbonyl (C=O) groups is 2. The number of carbonyl (C=O) groups excluding carboxylic acids is 1. The topological polar surface area (TPSA) is 166 Å². The first-order valence-electron chi connectivity index (χ1n) is 20.9. The number of amides is 1. The van der Waals surface area contributed by atoms with Crippen LogP contribution in [0, 0.1) is 0 Å². The second-order valence-corrected chi connectivity index (χ2v) is 14.8. The van der Waals surface area contributed by atoms with Gasteiger partial charge in [-0.3, -0.25) is 4.79 Å². The Morgan fingerprint density at radius 2 is 1.12 bits per heavy atom. The van der Waals surface area contributed by atoms with Crippen molar-refractivity contribution in [3.05, 3.63) is 12.2 Å². The van der Waals surface area contributed by atoms with E-state index in [1.54, 1.807) is 6.08 Å². The van der Waals surface area contributed by atoms with Gasteiger partial charge in [-0.05, 0) is 25.7 Å². The number of aliphatic hydroxyl groups is 4. The Morgan fingerprint density at radius 3 is 1.59 bits per heavy atom. The highest BCUT2D eigenvalue weighted by molar-refractivity contribution is 5.76. The summed E-state index contributed by atoms with van der Waals surface area (Å²) in [4.78, 5) is 24.3. The van der Waals surface area contributed by atoms with E-state index >= 15 is 0 Å². The molecule has 1 rings (SSSR count). The Morgan fingerprint density at radius 1 is 0.667 bits per heavy atom. The fraction of sp³-hybridized carbons (Fsp3) is 0.902. The molecule has 10 nitrogen and oxygen atoms in total. The van der Waals surface area contributed by atoms with Crippen molar-refractivity contribution in [3.8, 4) is 0 Å². The number of hydrogen-bond donors (Lipinski definition) is 6. The lowest BCUT2D eigenvalue weighted by molar-refractivity contribution is -0.294. The molecule has 1 amide bonds. The van der Waals surface area contributed by atoms with Crippen molar-refractivity contribution >= 4 is 11.9 Å². The average molecular weight is 728 g/mol. The van der Waals surface area contributed by atoms with Gasteiger partial charge in [0.2, 0.25) is 5.91 Å². The van der Waals surface area contributed by atoms with Crippen LogP contribution in [-0.4, -0.2) is 86.9 Å². The number of rotatable bonds is 34. The normalized spacial score (nSPS) is 22.0. The third kappa shape index (κ3) is 23.7. The number of ether oxygens (including phenoxy) is 2. The molecule has 300 valence electrons. The fourth-order valence-corrected chi connectivity index (χ4v) is 6.71. The molecule has 0 saturated carbocycles. The first-order valence-corrected chi connectivity index (χ1v) is 20.9. The van der Waals surface area contributed by atoms with Crippen LogP contribution >= 0.6 is 0 Å². The van der Waals surface area contributed by atoms with E-state index in [0.717, 1.165) is 38.5 Å². The van der Waals surface area contributed by atoms with Crippen LogP contribution in [0.5, 0.6) is 0 Å². The van der Waals surface area contributed by atoms with E-state index < -0.39 is 48.8 Å². The Labute approximate surface area is 310 Å². The molecule has 1 saturated heterocycles. The lowest BCUT2D eigenvalue weighted by atomic mass is 9.99. The third-order valence-electron chi connectivity index (χ3n) is 10.1. The van der Waals surface area contributed by atoms with Crippen LogP contribution in [0.1, 0.15) is 187 Å². The lowest BCUT2D eigenvalue weighted by Crippen LogP contribution is -2.60. The second kappa shape index (κ2) is 31.9. The Balaban J connectivity index is 2.46. The van der Waals surface area contributed by atoms with Gasteiger partial charge in [0.1, 0.15) is 18.3 Å². The van der Waals surface area contributed by atoms with E-state index in [-0.39, 0.29) is 18.9 Å². The minimum Gasteiger partial charge on any atom is -0.479 e. The summed E-state index contributed by atoms with van der Waals surface area (Å²) in [6.45, 7) is 4.39. The van der Waals surface area contributed by atoms with E-state index in [2.05, 4.69) is 19.2 Å². The summed E-state index contributed by atoms with van der Waals surface area (Å²) in [7, 11) is 0. The number of nitrogens with one attached hydrogen (secondary N) is 1. The van der Waals surface area contributed by atoms with Crippen molar-refractivity contribution < 1.29 is 44.6 Å². The predicted molar refractivity (Wildman–Crippen MR) is 203 cm³/mol. The van der Waals surface area contributed by atoms with Gasteiger partial charge in [-0.15, -0.1) is 0 Å². The predicted octanol–water partition coefficient (Wildman–Crippen LogP) is 7.87. The maximum absolute atomic E-state index is 12.9. The number of unbranched alkanes of at least 4 members (excludes halogenated alkanes) is 23. The molecule has 7 atom stereocenters. The lowest BCUT2D eigenvalue weighted by Gasteiger charge is -2.38. The van der Waals surface area contributed by atoms with Crippen LogP contribution in [0.4, 0.5) is 0 Å². The summed E-state index contributed by atoms with van der Waals surface area (Å²) in [5, 5.41) is 53.6. The molecule has 0 aliphatic carbocycles. The number of carboxylic acid groups (broad SMARTS) is 1. The van der Waals surface area contributed by atoms with Crippen molar-refractivity contribution in [2.24, 2.45) is 0 Å². The minimum absolute atomic E-state index is 0.0932. The number of allylic oxidation sites excluding steroid dienone is 1. The van der Waals surface area contributed by atoms with Gasteiger partial charge in [-0.25, -0.2) is 4.79 Å². The highest BCUT2D eigenvalue weighted by Gasteiger charge is 2.47. The smallest absolute Gasteiger partial charge is 0.335 e. The van der Waals surface area contributed by atoms with Gasteiger partial charge < -0.3 is 40.3 Å². The largest absolute Gasteiger partial charge is 0.479 e. The van der Waals surface area contributed by atoms with Crippen molar-refractivity contribution in [2.45, 2.75) is 230 Å². The summed E-state index contributed by atoms with van der Waals surface area (Å²) in [5.41, 5.74) is 0. The van der Waals surface area contributed by atoms with Crippen LogP contribution in [0.25, 0.3) is 0 Å². The molecule has 1 aliphatic heterocycles. The summed E-state index contributed by atoms with van der Waals surface area (Å²) >= 11 is 0. The van der Waals surface area contributed by atoms with Crippen LogP contribution in [-0.2, 0) is 19.1 Å². The summed E-state index contributed by atoms with van der Waals surface area (Å²) in [6, 6.07) is -0.667. The Kier molecular flexibility index (Phi) is 29.7. The molecule has 51 heavy (non-hydrogen) atoms. The highest BCUT2D eigenvalue weighted by atomic mass is 16.7. The van der Waals surface area contributed by atoms with Crippen LogP contribution in [0.2, 0.25) is 0 Å². The SMILES string of the molecule is CCCCCCCCCCCCC/C=C/[C@@H](O)[C@H](CCO[C@H]1O[C@@H](C(=O)O)[C@H](O)[C@@H](O)[C@@H]1O)NC(=O)CCCCCCCCCCCCCCC. The first kappa shape index (κ1) is 47.5. The molecule has 6 N–H and O–H groups in total. The van der Waals surface area contributed by atoms with E-state index in [4.69, 9.17) is 9.47 Å². The summed E-state index contributed by atoms with van der Waals surface area (Å²) in [5.74, 6) is -1.64. The monoisotopic (exact) mass is 728 g/mol. The van der Waals surface area contributed by atoms with Crippen LogP contribution < -0.4 is 5.32 Å². The van der Waals surface area contributed by atoms with Gasteiger partial charge in [0.15, 0.2) is 12.4 Å². The molecule has 0 unspecified atom stereocenters. The van der Waals surface area contributed by atoms with Gasteiger partial charge in [0.05, 0.1) is 18.8 Å². The maximum Gasteiger partial charge on any atom is 0.335 e. The molecule has 0 radical (unpaired) electrons. The maximum atomic E-state index is 12.9. The van der Waals surface area contributed by atoms with E-state index in [9.17, 15) is 35.1 Å². The molecule has 0 aromatic heterocycles. The van der Waals surface area contributed by atoms with Gasteiger partial charge in [-0.1, -0.05) is 167 Å². The van der Waals surface area contributed by atoms with Crippen molar-refractivity contribution in [3.63, 3.8) is 0 Å². The molecule has 1 fully saturated rings. The molecule has 10 heteroatoms. The van der Waals surface area contributed by atoms with Crippen LogP contribution in [0.15, 0.2) is 12.2 Å². The molecular weight excluding hydrogens is 650 g/mol. The standard InChI is InChI=1S/C41H77NO9/c1-3-5-7-9-11-13-15-17-19-21-23-25-27-29-34(43)33(31-32-50-41-38(47)36(45)37(46)39(51-41)40(48)49)42-35(44)30-28-26-24-22-20-18-16-14-12-10-8-6-4-2/h27,29,33-34,36-39,41,43,45-47H,3-26,28,30-32H2,1-2H3,(H,42,44)(H,48,49)/b29-27+/t33-,34+,36+,37+,38-,39+,41-/m0/s1. The molecule has 0 spiro atoms. The van der Waals surface area contributed by atoms with Gasteiger partial charge in [0.25, 0.3) is 0 Å². The number of aliphatic hydroxyl groups excluding tert-OH is 4. The number of aliphatic carboxylic acids is 1.